The second kappa shape index (κ2) is 6.30. The average molecular weight is 325 g/mol. The maximum Gasteiger partial charge on any atom is 0.261 e. The van der Waals surface area contributed by atoms with Crippen LogP contribution < -0.4 is 5.32 Å². The van der Waals surface area contributed by atoms with Crippen LogP contribution in [0.15, 0.2) is 22.7 Å². The van der Waals surface area contributed by atoms with Gasteiger partial charge in [0.2, 0.25) is 0 Å². The van der Waals surface area contributed by atoms with E-state index in [1.165, 1.54) is 4.90 Å². The van der Waals surface area contributed by atoms with Crippen molar-refractivity contribution in [1.29, 1.82) is 0 Å². The molecular weight excluding hydrogens is 308 g/mol. The number of carbonyl (C=O) groups is 2. The lowest BCUT2D eigenvalue weighted by atomic mass is 10.1. The first-order valence-electron chi connectivity index (χ1n) is 6.51. The summed E-state index contributed by atoms with van der Waals surface area (Å²) >= 11 is 3.32. The molecule has 0 unspecified atom stereocenters. The van der Waals surface area contributed by atoms with Crippen LogP contribution in [0, 0.1) is 0 Å². The van der Waals surface area contributed by atoms with Crippen molar-refractivity contribution in [1.82, 2.24) is 10.2 Å². The Morgan fingerprint density at radius 1 is 1.16 bits per heavy atom. The molecule has 0 fully saturated rings. The molecule has 19 heavy (non-hydrogen) atoms. The fourth-order valence-corrected chi connectivity index (χ4v) is 2.49. The van der Waals surface area contributed by atoms with Crippen LogP contribution in [-0.4, -0.2) is 36.3 Å². The first-order valence-corrected chi connectivity index (χ1v) is 7.31. The number of rotatable bonds is 6. The van der Waals surface area contributed by atoms with Gasteiger partial charge in [-0.1, -0.05) is 22.9 Å². The van der Waals surface area contributed by atoms with E-state index in [1.54, 1.807) is 18.2 Å². The maximum absolute atomic E-state index is 12.1. The Kier molecular flexibility index (Phi) is 4.71. The van der Waals surface area contributed by atoms with E-state index in [9.17, 15) is 9.59 Å². The lowest BCUT2D eigenvalue weighted by molar-refractivity contribution is 0.0652. The van der Waals surface area contributed by atoms with Crippen LogP contribution >= 0.6 is 15.9 Å². The van der Waals surface area contributed by atoms with E-state index < -0.39 is 0 Å². The summed E-state index contributed by atoms with van der Waals surface area (Å²) in [6.07, 6.45) is 1.87. The standard InChI is InChI=1S/C14H17BrN2O2/c1-2-6-16-7-3-8-17-13(18)11-5-4-10(15)9-12(11)14(17)19/h4-5,9,16H,2-3,6-8H2,1H3. The van der Waals surface area contributed by atoms with Gasteiger partial charge in [0.05, 0.1) is 11.1 Å². The van der Waals surface area contributed by atoms with Crippen molar-refractivity contribution in [3.63, 3.8) is 0 Å². The summed E-state index contributed by atoms with van der Waals surface area (Å²) < 4.78 is 0.818. The van der Waals surface area contributed by atoms with Crippen LogP contribution in [0.3, 0.4) is 0 Å². The van der Waals surface area contributed by atoms with Crippen molar-refractivity contribution >= 4 is 27.7 Å². The number of benzene rings is 1. The van der Waals surface area contributed by atoms with Gasteiger partial charge in [0, 0.05) is 11.0 Å². The van der Waals surface area contributed by atoms with Crippen molar-refractivity contribution in [2.24, 2.45) is 0 Å². The molecule has 1 aromatic rings. The minimum Gasteiger partial charge on any atom is -0.317 e. The van der Waals surface area contributed by atoms with Crippen LogP contribution in [0.2, 0.25) is 0 Å². The molecule has 0 spiro atoms. The third kappa shape index (κ3) is 3.04. The Morgan fingerprint density at radius 2 is 1.89 bits per heavy atom. The number of hydrogen-bond donors (Lipinski definition) is 1. The van der Waals surface area contributed by atoms with E-state index in [4.69, 9.17) is 0 Å². The summed E-state index contributed by atoms with van der Waals surface area (Å²) in [6, 6.07) is 5.20. The highest BCUT2D eigenvalue weighted by Crippen LogP contribution is 2.25. The van der Waals surface area contributed by atoms with E-state index in [1.807, 2.05) is 0 Å². The van der Waals surface area contributed by atoms with Gasteiger partial charge < -0.3 is 5.32 Å². The molecular formula is C14H17BrN2O2. The van der Waals surface area contributed by atoms with Crippen molar-refractivity contribution in [2.45, 2.75) is 19.8 Å². The SMILES string of the molecule is CCCNCCCN1C(=O)c2ccc(Br)cc2C1=O. The lowest BCUT2D eigenvalue weighted by Crippen LogP contribution is -2.32. The zero-order valence-corrected chi connectivity index (χ0v) is 12.5. The molecule has 5 heteroatoms. The monoisotopic (exact) mass is 324 g/mol. The van der Waals surface area contributed by atoms with E-state index in [0.717, 1.165) is 30.4 Å². The van der Waals surface area contributed by atoms with E-state index in [-0.39, 0.29) is 11.8 Å². The normalized spacial score (nSPS) is 14.1. The largest absolute Gasteiger partial charge is 0.317 e. The van der Waals surface area contributed by atoms with Crippen molar-refractivity contribution < 1.29 is 9.59 Å². The van der Waals surface area contributed by atoms with Crippen LogP contribution in [0.5, 0.6) is 0 Å². The van der Waals surface area contributed by atoms with Crippen LogP contribution in [-0.2, 0) is 0 Å². The summed E-state index contributed by atoms with van der Waals surface area (Å²) in [5.74, 6) is -0.361. The summed E-state index contributed by atoms with van der Waals surface area (Å²) in [5.41, 5.74) is 1.01. The van der Waals surface area contributed by atoms with Gasteiger partial charge in [0.15, 0.2) is 0 Å². The quantitative estimate of drug-likeness (QED) is 0.646. The predicted octanol–water partition coefficient (Wildman–Crippen LogP) is 2.43. The molecule has 2 rings (SSSR count). The smallest absolute Gasteiger partial charge is 0.261 e. The van der Waals surface area contributed by atoms with Gasteiger partial charge in [-0.05, 0) is 44.1 Å². The molecule has 0 aromatic heterocycles. The predicted molar refractivity (Wildman–Crippen MR) is 77.3 cm³/mol. The van der Waals surface area contributed by atoms with Crippen molar-refractivity contribution in [3.05, 3.63) is 33.8 Å². The second-order valence-electron chi connectivity index (χ2n) is 4.56. The fourth-order valence-electron chi connectivity index (χ4n) is 2.13. The Morgan fingerprint density at radius 3 is 2.63 bits per heavy atom. The van der Waals surface area contributed by atoms with Gasteiger partial charge >= 0.3 is 0 Å². The molecule has 0 radical (unpaired) electrons. The summed E-state index contributed by atoms with van der Waals surface area (Å²) in [7, 11) is 0. The number of fused-ring (bicyclic) bond motifs is 1. The molecule has 1 heterocycles. The minimum absolute atomic E-state index is 0.178. The Labute approximate surface area is 121 Å². The lowest BCUT2D eigenvalue weighted by Gasteiger charge is -2.13. The molecule has 4 nitrogen and oxygen atoms in total. The third-order valence-corrected chi connectivity index (χ3v) is 3.59. The summed E-state index contributed by atoms with van der Waals surface area (Å²) in [5, 5.41) is 3.26. The zero-order valence-electron chi connectivity index (χ0n) is 10.9. The summed E-state index contributed by atoms with van der Waals surface area (Å²) in [6.45, 7) is 4.37. The number of nitrogens with one attached hydrogen (secondary N) is 1. The van der Waals surface area contributed by atoms with Gasteiger partial charge in [0.25, 0.3) is 11.8 Å². The van der Waals surface area contributed by atoms with E-state index in [0.29, 0.717) is 17.7 Å². The van der Waals surface area contributed by atoms with Gasteiger partial charge in [-0.2, -0.15) is 0 Å². The molecule has 1 aliphatic heterocycles. The Bertz CT molecular complexity index is 502. The molecule has 102 valence electrons. The molecule has 1 N–H and O–H groups in total. The van der Waals surface area contributed by atoms with E-state index in [2.05, 4.69) is 28.2 Å². The Balaban J connectivity index is 1.98. The fraction of sp³-hybridized carbons (Fsp3) is 0.429. The third-order valence-electron chi connectivity index (χ3n) is 3.09. The molecule has 0 saturated carbocycles. The number of amides is 2. The minimum atomic E-state index is -0.184. The topological polar surface area (TPSA) is 49.4 Å². The summed E-state index contributed by atoms with van der Waals surface area (Å²) in [4.78, 5) is 25.6. The van der Waals surface area contributed by atoms with Gasteiger partial charge in [0.1, 0.15) is 0 Å². The van der Waals surface area contributed by atoms with Gasteiger partial charge in [-0.25, -0.2) is 0 Å². The number of imide groups is 1. The number of nitrogens with zero attached hydrogens (tertiary/aromatic N) is 1. The molecule has 0 saturated heterocycles. The molecule has 1 aromatic carbocycles. The van der Waals surface area contributed by atoms with E-state index >= 15 is 0 Å². The van der Waals surface area contributed by atoms with Crippen molar-refractivity contribution in [2.75, 3.05) is 19.6 Å². The maximum atomic E-state index is 12.1. The number of halogens is 1. The van der Waals surface area contributed by atoms with Crippen LogP contribution in [0.4, 0.5) is 0 Å². The first kappa shape index (κ1) is 14.2. The van der Waals surface area contributed by atoms with Gasteiger partial charge in [-0.3, -0.25) is 14.5 Å². The van der Waals surface area contributed by atoms with Crippen LogP contribution in [0.25, 0.3) is 0 Å². The molecule has 0 aliphatic carbocycles. The van der Waals surface area contributed by atoms with Crippen molar-refractivity contribution in [3.8, 4) is 0 Å². The zero-order chi connectivity index (χ0) is 13.8. The highest BCUT2D eigenvalue weighted by Gasteiger charge is 2.34. The highest BCUT2D eigenvalue weighted by molar-refractivity contribution is 9.10. The molecule has 1 aliphatic rings. The van der Waals surface area contributed by atoms with Gasteiger partial charge in [-0.15, -0.1) is 0 Å². The highest BCUT2D eigenvalue weighted by atomic mass is 79.9. The molecule has 0 atom stereocenters. The number of carbonyl (C=O) groups excluding carboxylic acids is 2. The first-order chi connectivity index (χ1) is 9.15. The average Bonchev–Trinajstić information content (AvgIpc) is 2.63. The number of hydrogen-bond acceptors (Lipinski definition) is 3. The Hall–Kier alpha value is -1.20. The second-order valence-corrected chi connectivity index (χ2v) is 5.47. The molecule has 2 amide bonds. The van der Waals surface area contributed by atoms with Crippen LogP contribution in [0.1, 0.15) is 40.5 Å². The molecule has 0 bridgehead atoms.